The lowest BCUT2D eigenvalue weighted by molar-refractivity contribution is -0.0162. The summed E-state index contributed by atoms with van der Waals surface area (Å²) in [4.78, 5) is 0. The van der Waals surface area contributed by atoms with Crippen molar-refractivity contribution in [3.05, 3.63) is 24.3 Å². The number of hydrogen-bond donors (Lipinski definition) is 1. The summed E-state index contributed by atoms with van der Waals surface area (Å²) in [5.74, 6) is 0.821. The molecule has 1 aromatic carbocycles. The molecule has 0 radical (unpaired) electrons. The zero-order chi connectivity index (χ0) is 11.3. The van der Waals surface area contributed by atoms with Crippen LogP contribution < -0.4 is 10.5 Å². The maximum atomic E-state index is 5.56. The average molecular weight is 209 g/mol. The second-order valence-corrected chi connectivity index (χ2v) is 4.38. The Hall–Kier alpha value is -1.22. The van der Waals surface area contributed by atoms with Gasteiger partial charge in [0.15, 0.2) is 0 Å². The smallest absolute Gasteiger partial charge is 0.119 e. The van der Waals surface area contributed by atoms with Crippen LogP contribution in [0.25, 0.3) is 0 Å². The molecule has 0 atom stereocenters. The summed E-state index contributed by atoms with van der Waals surface area (Å²) in [5, 5.41) is 0. The molecule has 1 rings (SSSR count). The highest BCUT2D eigenvalue weighted by Gasteiger charge is 2.08. The molecule has 0 bridgehead atoms. The largest absolute Gasteiger partial charge is 0.491 e. The van der Waals surface area contributed by atoms with E-state index in [9.17, 15) is 0 Å². The third-order valence-electron chi connectivity index (χ3n) is 1.77. The van der Waals surface area contributed by atoms with Crippen LogP contribution in [0.2, 0.25) is 0 Å². The molecule has 2 N–H and O–H groups in total. The molecular weight excluding hydrogens is 190 g/mol. The predicted octanol–water partition coefficient (Wildman–Crippen LogP) is 2.46. The summed E-state index contributed by atoms with van der Waals surface area (Å²) < 4.78 is 11.0. The van der Waals surface area contributed by atoms with Crippen molar-refractivity contribution < 1.29 is 9.47 Å². The van der Waals surface area contributed by atoms with Crippen LogP contribution in [0.4, 0.5) is 5.69 Å². The number of nitrogen functional groups attached to an aromatic ring is 1. The van der Waals surface area contributed by atoms with E-state index < -0.39 is 0 Å². The highest BCUT2D eigenvalue weighted by Crippen LogP contribution is 2.13. The van der Waals surface area contributed by atoms with Crippen molar-refractivity contribution in [2.24, 2.45) is 0 Å². The van der Waals surface area contributed by atoms with Gasteiger partial charge in [0.25, 0.3) is 0 Å². The number of hydrogen-bond acceptors (Lipinski definition) is 3. The zero-order valence-electron chi connectivity index (χ0n) is 9.62. The maximum Gasteiger partial charge on any atom is 0.119 e. The fourth-order valence-electron chi connectivity index (χ4n) is 1.07. The minimum atomic E-state index is -0.107. The van der Waals surface area contributed by atoms with Crippen molar-refractivity contribution in [1.29, 1.82) is 0 Å². The second kappa shape index (κ2) is 5.03. The Labute approximate surface area is 91.2 Å². The molecule has 3 heteroatoms. The average Bonchev–Trinajstić information content (AvgIpc) is 2.14. The van der Waals surface area contributed by atoms with Gasteiger partial charge in [-0.2, -0.15) is 0 Å². The molecule has 0 aromatic heterocycles. The Morgan fingerprint density at radius 3 is 2.20 bits per heavy atom. The van der Waals surface area contributed by atoms with Gasteiger partial charge in [-0.25, -0.2) is 0 Å². The van der Waals surface area contributed by atoms with Gasteiger partial charge < -0.3 is 15.2 Å². The van der Waals surface area contributed by atoms with E-state index in [0.29, 0.717) is 13.2 Å². The van der Waals surface area contributed by atoms with E-state index in [1.807, 2.05) is 45.0 Å². The summed E-state index contributed by atoms with van der Waals surface area (Å²) in [6.45, 7) is 7.22. The Bertz CT molecular complexity index is 287. The molecular formula is C12H19NO2. The SMILES string of the molecule is CC(C)(C)OCCOc1ccc(N)cc1. The van der Waals surface area contributed by atoms with Crippen LogP contribution in [-0.2, 0) is 4.74 Å². The molecule has 0 spiro atoms. The van der Waals surface area contributed by atoms with Crippen LogP contribution in [0.1, 0.15) is 20.8 Å². The molecule has 0 saturated heterocycles. The Morgan fingerprint density at radius 1 is 1.07 bits per heavy atom. The molecule has 0 aliphatic carbocycles. The number of ether oxygens (including phenoxy) is 2. The Morgan fingerprint density at radius 2 is 1.67 bits per heavy atom. The van der Waals surface area contributed by atoms with Crippen LogP contribution in [0, 0.1) is 0 Å². The number of anilines is 1. The lowest BCUT2D eigenvalue weighted by atomic mass is 10.2. The van der Waals surface area contributed by atoms with Gasteiger partial charge in [0.05, 0.1) is 12.2 Å². The van der Waals surface area contributed by atoms with Crippen molar-refractivity contribution in [2.45, 2.75) is 26.4 Å². The van der Waals surface area contributed by atoms with Crippen molar-refractivity contribution in [2.75, 3.05) is 18.9 Å². The summed E-state index contributed by atoms with van der Waals surface area (Å²) in [5.41, 5.74) is 6.20. The monoisotopic (exact) mass is 209 g/mol. The van der Waals surface area contributed by atoms with Gasteiger partial charge >= 0.3 is 0 Å². The molecule has 15 heavy (non-hydrogen) atoms. The Balaban J connectivity index is 2.23. The molecule has 0 heterocycles. The van der Waals surface area contributed by atoms with Gasteiger partial charge in [0.2, 0.25) is 0 Å². The van der Waals surface area contributed by atoms with E-state index in [1.54, 1.807) is 0 Å². The molecule has 1 aromatic rings. The topological polar surface area (TPSA) is 44.5 Å². The lowest BCUT2D eigenvalue weighted by Gasteiger charge is -2.19. The fourth-order valence-corrected chi connectivity index (χ4v) is 1.07. The predicted molar refractivity (Wildman–Crippen MR) is 62.1 cm³/mol. The van der Waals surface area contributed by atoms with Crippen LogP contribution in [0.5, 0.6) is 5.75 Å². The highest BCUT2D eigenvalue weighted by molar-refractivity contribution is 5.41. The molecule has 3 nitrogen and oxygen atoms in total. The zero-order valence-corrected chi connectivity index (χ0v) is 9.62. The molecule has 0 saturated carbocycles. The maximum absolute atomic E-state index is 5.56. The van der Waals surface area contributed by atoms with Gasteiger partial charge in [-0.15, -0.1) is 0 Å². The molecule has 0 aliphatic rings. The van der Waals surface area contributed by atoms with Crippen molar-refractivity contribution in [3.8, 4) is 5.75 Å². The highest BCUT2D eigenvalue weighted by atomic mass is 16.5. The molecule has 0 amide bonds. The van der Waals surface area contributed by atoms with E-state index >= 15 is 0 Å². The summed E-state index contributed by atoms with van der Waals surface area (Å²) in [6, 6.07) is 7.35. The van der Waals surface area contributed by atoms with Gasteiger partial charge in [-0.3, -0.25) is 0 Å². The van der Waals surface area contributed by atoms with E-state index in [0.717, 1.165) is 11.4 Å². The van der Waals surface area contributed by atoms with Gasteiger partial charge in [-0.1, -0.05) is 0 Å². The normalized spacial score (nSPS) is 11.4. The number of rotatable bonds is 4. The van der Waals surface area contributed by atoms with Crippen molar-refractivity contribution >= 4 is 5.69 Å². The third-order valence-corrected chi connectivity index (χ3v) is 1.77. The first-order chi connectivity index (χ1) is 6.97. The van der Waals surface area contributed by atoms with Crippen LogP contribution in [0.15, 0.2) is 24.3 Å². The summed E-state index contributed by atoms with van der Waals surface area (Å²) >= 11 is 0. The minimum Gasteiger partial charge on any atom is -0.491 e. The van der Waals surface area contributed by atoms with Crippen LogP contribution >= 0.6 is 0 Å². The molecule has 84 valence electrons. The minimum absolute atomic E-state index is 0.107. The quantitative estimate of drug-likeness (QED) is 0.612. The summed E-state index contributed by atoms with van der Waals surface area (Å²) in [6.07, 6.45) is 0. The number of benzene rings is 1. The Kier molecular flexibility index (Phi) is 3.97. The van der Waals surface area contributed by atoms with Crippen molar-refractivity contribution in [1.82, 2.24) is 0 Å². The van der Waals surface area contributed by atoms with Crippen LogP contribution in [0.3, 0.4) is 0 Å². The molecule has 0 aliphatic heterocycles. The second-order valence-electron chi connectivity index (χ2n) is 4.38. The molecule has 0 unspecified atom stereocenters. The van der Waals surface area contributed by atoms with E-state index in [2.05, 4.69) is 0 Å². The molecule has 0 fully saturated rings. The first-order valence-electron chi connectivity index (χ1n) is 5.10. The third kappa shape index (κ3) is 5.27. The van der Waals surface area contributed by atoms with Gasteiger partial charge in [-0.05, 0) is 45.0 Å². The lowest BCUT2D eigenvalue weighted by Crippen LogP contribution is -2.22. The van der Waals surface area contributed by atoms with Gasteiger partial charge in [0.1, 0.15) is 12.4 Å². The van der Waals surface area contributed by atoms with Gasteiger partial charge in [0, 0.05) is 5.69 Å². The first kappa shape index (κ1) is 11.9. The number of nitrogens with two attached hydrogens (primary N) is 1. The van der Waals surface area contributed by atoms with Crippen LogP contribution in [-0.4, -0.2) is 18.8 Å². The van der Waals surface area contributed by atoms with Crippen molar-refractivity contribution in [3.63, 3.8) is 0 Å². The fraction of sp³-hybridized carbons (Fsp3) is 0.500. The van der Waals surface area contributed by atoms with E-state index in [4.69, 9.17) is 15.2 Å². The van der Waals surface area contributed by atoms with E-state index in [-0.39, 0.29) is 5.60 Å². The van der Waals surface area contributed by atoms with E-state index in [1.165, 1.54) is 0 Å². The standard InChI is InChI=1S/C12H19NO2/c1-12(2,3)15-9-8-14-11-6-4-10(13)5-7-11/h4-7H,8-9,13H2,1-3H3. The summed E-state index contributed by atoms with van der Waals surface area (Å²) in [7, 11) is 0. The first-order valence-corrected chi connectivity index (χ1v) is 5.10.